The molecule has 4 atom stereocenters. The van der Waals surface area contributed by atoms with Crippen LogP contribution in [0.25, 0.3) is 0 Å². The lowest BCUT2D eigenvalue weighted by Gasteiger charge is -2.40. The average molecular weight is 284 g/mol. The average Bonchev–Trinajstić information content (AvgIpc) is 2.81. The van der Waals surface area contributed by atoms with Crippen molar-refractivity contribution in [1.29, 1.82) is 0 Å². The molecule has 2 rings (SSSR count). The minimum Gasteiger partial charge on any atom is -0.466 e. The Morgan fingerprint density at radius 2 is 2.20 bits per heavy atom. The summed E-state index contributed by atoms with van der Waals surface area (Å²) in [5.41, 5.74) is -0.446. The van der Waals surface area contributed by atoms with Crippen molar-refractivity contribution < 1.29 is 19.0 Å². The SMILES string of the molecule is CCCCCC1OCC2(C(C)C(=O)OCC)CCC1O2. The molecule has 2 bridgehead atoms. The first-order chi connectivity index (χ1) is 9.63. The van der Waals surface area contributed by atoms with Crippen molar-refractivity contribution in [2.45, 2.75) is 77.1 Å². The molecule has 4 nitrogen and oxygen atoms in total. The van der Waals surface area contributed by atoms with Gasteiger partial charge in [0.15, 0.2) is 0 Å². The Morgan fingerprint density at radius 1 is 1.40 bits per heavy atom. The molecule has 0 aromatic rings. The fourth-order valence-corrected chi connectivity index (χ4v) is 3.32. The van der Waals surface area contributed by atoms with E-state index in [9.17, 15) is 4.79 Å². The number of fused-ring (bicyclic) bond motifs is 2. The number of carbonyl (C=O) groups excluding carboxylic acids is 1. The third-order valence-electron chi connectivity index (χ3n) is 4.72. The zero-order valence-electron chi connectivity index (χ0n) is 13.0. The van der Waals surface area contributed by atoms with E-state index in [0.29, 0.717) is 13.2 Å². The third-order valence-corrected chi connectivity index (χ3v) is 4.72. The van der Waals surface area contributed by atoms with E-state index in [1.807, 2.05) is 13.8 Å². The van der Waals surface area contributed by atoms with E-state index >= 15 is 0 Å². The van der Waals surface area contributed by atoms with Crippen LogP contribution in [-0.4, -0.2) is 37.0 Å². The van der Waals surface area contributed by atoms with Crippen molar-refractivity contribution in [1.82, 2.24) is 0 Å². The van der Waals surface area contributed by atoms with E-state index in [1.54, 1.807) is 0 Å². The van der Waals surface area contributed by atoms with Gasteiger partial charge in [0.05, 0.1) is 31.3 Å². The highest BCUT2D eigenvalue weighted by molar-refractivity contribution is 5.73. The lowest BCUT2D eigenvalue weighted by Crippen LogP contribution is -2.51. The second-order valence-corrected chi connectivity index (χ2v) is 6.08. The monoisotopic (exact) mass is 284 g/mol. The largest absolute Gasteiger partial charge is 0.466 e. The Morgan fingerprint density at radius 3 is 2.90 bits per heavy atom. The maximum atomic E-state index is 12.0. The zero-order valence-corrected chi connectivity index (χ0v) is 13.0. The number of rotatable bonds is 7. The van der Waals surface area contributed by atoms with E-state index in [4.69, 9.17) is 14.2 Å². The van der Waals surface area contributed by atoms with Gasteiger partial charge in [-0.15, -0.1) is 0 Å². The Labute approximate surface area is 122 Å². The van der Waals surface area contributed by atoms with Gasteiger partial charge in [0.1, 0.15) is 5.60 Å². The number of ether oxygens (including phenoxy) is 3. The van der Waals surface area contributed by atoms with Crippen LogP contribution in [0.4, 0.5) is 0 Å². The Balaban J connectivity index is 1.90. The third kappa shape index (κ3) is 3.17. The van der Waals surface area contributed by atoms with Gasteiger partial charge in [-0.1, -0.05) is 26.2 Å². The van der Waals surface area contributed by atoms with Crippen molar-refractivity contribution in [3.8, 4) is 0 Å². The molecule has 0 aromatic carbocycles. The summed E-state index contributed by atoms with van der Waals surface area (Å²) in [5.74, 6) is -0.412. The minimum absolute atomic E-state index is 0.164. The molecule has 20 heavy (non-hydrogen) atoms. The van der Waals surface area contributed by atoms with Crippen molar-refractivity contribution in [3.63, 3.8) is 0 Å². The molecular formula is C16H28O4. The lowest BCUT2D eigenvalue weighted by molar-refractivity contribution is -0.219. The summed E-state index contributed by atoms with van der Waals surface area (Å²) in [7, 11) is 0. The number of hydrogen-bond acceptors (Lipinski definition) is 4. The molecule has 0 aromatic heterocycles. The molecule has 0 spiro atoms. The second kappa shape index (κ2) is 6.90. The summed E-state index contributed by atoms with van der Waals surface area (Å²) in [5, 5.41) is 0. The molecule has 2 aliphatic heterocycles. The maximum Gasteiger partial charge on any atom is 0.311 e. The molecule has 0 saturated carbocycles. The van der Waals surface area contributed by atoms with Crippen molar-refractivity contribution in [2.24, 2.45) is 5.92 Å². The molecule has 0 amide bonds. The van der Waals surface area contributed by atoms with E-state index in [0.717, 1.165) is 19.3 Å². The summed E-state index contributed by atoms with van der Waals surface area (Å²) in [6.45, 7) is 6.90. The fourth-order valence-electron chi connectivity index (χ4n) is 3.32. The molecule has 2 aliphatic rings. The molecule has 2 heterocycles. The maximum absolute atomic E-state index is 12.0. The quantitative estimate of drug-likeness (QED) is 0.532. The zero-order chi connectivity index (χ0) is 14.6. The van der Waals surface area contributed by atoms with Gasteiger partial charge in [0, 0.05) is 0 Å². The summed E-state index contributed by atoms with van der Waals surface area (Å²) < 4.78 is 17.4. The van der Waals surface area contributed by atoms with Gasteiger partial charge in [-0.2, -0.15) is 0 Å². The van der Waals surface area contributed by atoms with Gasteiger partial charge in [0.2, 0.25) is 0 Å². The Kier molecular flexibility index (Phi) is 5.44. The second-order valence-electron chi connectivity index (χ2n) is 6.08. The smallest absolute Gasteiger partial charge is 0.311 e. The standard InChI is InChI=1S/C16H28O4/c1-4-6-7-8-13-14-9-10-16(20-14,11-19-13)12(3)15(17)18-5-2/h12-14H,4-11H2,1-3H3. The van der Waals surface area contributed by atoms with Crippen LogP contribution in [0.5, 0.6) is 0 Å². The highest BCUT2D eigenvalue weighted by Gasteiger charge is 2.53. The van der Waals surface area contributed by atoms with Crippen molar-refractivity contribution in [2.75, 3.05) is 13.2 Å². The molecule has 4 unspecified atom stereocenters. The van der Waals surface area contributed by atoms with Crippen molar-refractivity contribution >= 4 is 5.97 Å². The number of unbranched alkanes of at least 4 members (excludes halogenated alkanes) is 2. The van der Waals surface area contributed by atoms with Gasteiger partial charge in [-0.05, 0) is 33.1 Å². The van der Waals surface area contributed by atoms with Gasteiger partial charge >= 0.3 is 5.97 Å². The first-order valence-corrected chi connectivity index (χ1v) is 8.09. The predicted molar refractivity (Wildman–Crippen MR) is 76.5 cm³/mol. The highest BCUT2D eigenvalue weighted by atomic mass is 16.6. The lowest BCUT2D eigenvalue weighted by atomic mass is 9.87. The van der Waals surface area contributed by atoms with Gasteiger partial charge in [0.25, 0.3) is 0 Å². The van der Waals surface area contributed by atoms with Crippen LogP contribution >= 0.6 is 0 Å². The van der Waals surface area contributed by atoms with Crippen molar-refractivity contribution in [3.05, 3.63) is 0 Å². The fraction of sp³-hybridized carbons (Fsp3) is 0.938. The van der Waals surface area contributed by atoms with Gasteiger partial charge in [-0.3, -0.25) is 4.79 Å². The Hall–Kier alpha value is -0.610. The summed E-state index contributed by atoms with van der Waals surface area (Å²) in [6, 6.07) is 0. The van der Waals surface area contributed by atoms with E-state index in [-0.39, 0.29) is 24.1 Å². The minimum atomic E-state index is -0.446. The van der Waals surface area contributed by atoms with Crippen LogP contribution < -0.4 is 0 Å². The Bertz CT molecular complexity index is 330. The molecule has 0 radical (unpaired) electrons. The van der Waals surface area contributed by atoms with Crippen LogP contribution in [0.3, 0.4) is 0 Å². The highest BCUT2D eigenvalue weighted by Crippen LogP contribution is 2.43. The van der Waals surface area contributed by atoms with Crippen LogP contribution in [0.1, 0.15) is 59.3 Å². The van der Waals surface area contributed by atoms with Crippen LogP contribution in [0.2, 0.25) is 0 Å². The van der Waals surface area contributed by atoms with E-state index in [1.165, 1.54) is 19.3 Å². The topological polar surface area (TPSA) is 44.8 Å². The summed E-state index contributed by atoms with van der Waals surface area (Å²) in [6.07, 6.45) is 7.02. The normalized spacial score (nSPS) is 34.0. The molecule has 2 fully saturated rings. The van der Waals surface area contributed by atoms with Crippen LogP contribution in [-0.2, 0) is 19.0 Å². The first kappa shape index (κ1) is 15.8. The molecule has 116 valence electrons. The number of esters is 1. The molecule has 4 heteroatoms. The summed E-state index contributed by atoms with van der Waals surface area (Å²) in [4.78, 5) is 12.0. The molecule has 0 aliphatic carbocycles. The number of carbonyl (C=O) groups is 1. The van der Waals surface area contributed by atoms with E-state index in [2.05, 4.69) is 6.92 Å². The summed E-state index contributed by atoms with van der Waals surface area (Å²) >= 11 is 0. The van der Waals surface area contributed by atoms with Gasteiger partial charge in [-0.25, -0.2) is 0 Å². The van der Waals surface area contributed by atoms with Gasteiger partial charge < -0.3 is 14.2 Å². The molecule has 0 N–H and O–H groups in total. The van der Waals surface area contributed by atoms with E-state index < -0.39 is 5.60 Å². The van der Waals surface area contributed by atoms with Crippen LogP contribution in [0, 0.1) is 5.92 Å². The molecular weight excluding hydrogens is 256 g/mol. The predicted octanol–water partition coefficient (Wildman–Crippen LogP) is 3.08. The molecule has 2 saturated heterocycles. The number of hydrogen-bond donors (Lipinski definition) is 0. The van der Waals surface area contributed by atoms with Crippen LogP contribution in [0.15, 0.2) is 0 Å². The first-order valence-electron chi connectivity index (χ1n) is 8.09.